The van der Waals surface area contributed by atoms with Gasteiger partial charge in [0.15, 0.2) is 0 Å². The van der Waals surface area contributed by atoms with Gasteiger partial charge in [-0.15, -0.1) is 0 Å². The first-order chi connectivity index (χ1) is 13.6. The highest BCUT2D eigenvalue weighted by molar-refractivity contribution is 6.05. The molecule has 0 aliphatic carbocycles. The molecule has 1 heterocycles. The van der Waals surface area contributed by atoms with Crippen LogP contribution in [-0.4, -0.2) is 23.3 Å². The number of nitrogens with one attached hydrogen (secondary N) is 1. The van der Waals surface area contributed by atoms with Crippen molar-refractivity contribution < 1.29 is 9.59 Å². The van der Waals surface area contributed by atoms with Gasteiger partial charge in [0.25, 0.3) is 11.8 Å². The van der Waals surface area contributed by atoms with E-state index in [4.69, 9.17) is 0 Å². The van der Waals surface area contributed by atoms with E-state index >= 15 is 0 Å². The number of pyridine rings is 1. The number of anilines is 1. The summed E-state index contributed by atoms with van der Waals surface area (Å²) < 4.78 is 0. The fraction of sp³-hybridized carbons (Fsp3) is 0.174. The summed E-state index contributed by atoms with van der Waals surface area (Å²) in [5.74, 6) is -0.541. The lowest BCUT2D eigenvalue weighted by atomic mass is 10.1. The average molecular weight is 373 g/mol. The van der Waals surface area contributed by atoms with Crippen molar-refractivity contribution in [3.63, 3.8) is 0 Å². The minimum absolute atomic E-state index is 0.225. The van der Waals surface area contributed by atoms with Crippen LogP contribution in [0.3, 0.4) is 0 Å². The van der Waals surface area contributed by atoms with Gasteiger partial charge >= 0.3 is 0 Å². The zero-order chi connectivity index (χ0) is 19.9. The molecular formula is C23H23N3O2. The van der Waals surface area contributed by atoms with Crippen molar-refractivity contribution in [3.8, 4) is 0 Å². The average Bonchev–Trinajstić information content (AvgIpc) is 2.73. The molecule has 142 valence electrons. The summed E-state index contributed by atoms with van der Waals surface area (Å²) in [4.78, 5) is 31.3. The summed E-state index contributed by atoms with van der Waals surface area (Å²) in [5, 5.41) is 2.86. The third kappa shape index (κ3) is 4.62. The first kappa shape index (κ1) is 19.3. The van der Waals surface area contributed by atoms with E-state index < -0.39 is 0 Å². The highest BCUT2D eigenvalue weighted by Crippen LogP contribution is 2.16. The van der Waals surface area contributed by atoms with Crippen LogP contribution in [0.15, 0.2) is 72.8 Å². The van der Waals surface area contributed by atoms with E-state index in [2.05, 4.69) is 10.3 Å². The minimum atomic E-state index is -0.307. The number of hydrogen-bond donors (Lipinski definition) is 1. The Morgan fingerprint density at radius 2 is 1.64 bits per heavy atom. The number of aryl methyl sites for hydroxylation is 1. The molecule has 0 aliphatic heterocycles. The molecule has 0 unspecified atom stereocenters. The van der Waals surface area contributed by atoms with E-state index in [1.54, 1.807) is 23.1 Å². The molecule has 5 heteroatoms. The van der Waals surface area contributed by atoms with Crippen LogP contribution in [0.5, 0.6) is 0 Å². The number of carbonyl (C=O) groups excluding carboxylic acids is 2. The smallest absolute Gasteiger partial charge is 0.276 e. The van der Waals surface area contributed by atoms with E-state index in [-0.39, 0.29) is 23.2 Å². The van der Waals surface area contributed by atoms with Crippen LogP contribution in [0, 0.1) is 6.92 Å². The Morgan fingerprint density at radius 1 is 0.929 bits per heavy atom. The Morgan fingerprint density at radius 3 is 2.36 bits per heavy atom. The monoisotopic (exact) mass is 373 g/mol. The normalized spacial score (nSPS) is 10.4. The van der Waals surface area contributed by atoms with Crippen molar-refractivity contribution in [2.75, 3.05) is 11.4 Å². The lowest BCUT2D eigenvalue weighted by Gasteiger charge is -2.20. The number of aromatic nitrogens is 1. The number of hydrogen-bond acceptors (Lipinski definition) is 3. The molecule has 0 saturated carbocycles. The molecule has 1 N–H and O–H groups in total. The Bertz CT molecular complexity index is 970. The maximum Gasteiger partial charge on any atom is 0.276 e. The third-order valence-corrected chi connectivity index (χ3v) is 4.37. The van der Waals surface area contributed by atoms with Crippen molar-refractivity contribution in [1.82, 2.24) is 10.3 Å². The number of rotatable bonds is 6. The number of para-hydroxylation sites is 1. The Balaban J connectivity index is 1.74. The number of nitrogens with zero attached hydrogens (tertiary/aromatic N) is 2. The SMILES string of the molecule is CCN(C(=O)c1cccc(C(=O)NCc2cccc(C)c2)n1)c1ccccc1. The molecule has 0 atom stereocenters. The van der Waals surface area contributed by atoms with Crippen LogP contribution >= 0.6 is 0 Å². The molecule has 0 spiro atoms. The van der Waals surface area contributed by atoms with E-state index in [1.165, 1.54) is 0 Å². The van der Waals surface area contributed by atoms with Crippen molar-refractivity contribution in [1.29, 1.82) is 0 Å². The molecule has 5 nitrogen and oxygen atoms in total. The second-order valence-electron chi connectivity index (χ2n) is 6.46. The molecule has 0 aliphatic rings. The predicted molar refractivity (Wildman–Crippen MR) is 110 cm³/mol. The highest BCUT2D eigenvalue weighted by atomic mass is 16.2. The molecule has 0 radical (unpaired) electrons. The maximum atomic E-state index is 12.9. The molecule has 3 aromatic rings. The molecule has 0 saturated heterocycles. The van der Waals surface area contributed by atoms with Gasteiger partial charge < -0.3 is 10.2 Å². The van der Waals surface area contributed by atoms with Crippen LogP contribution in [0.2, 0.25) is 0 Å². The van der Waals surface area contributed by atoms with Gasteiger partial charge in [-0.05, 0) is 43.7 Å². The summed E-state index contributed by atoms with van der Waals surface area (Å²) in [6.45, 7) is 4.83. The van der Waals surface area contributed by atoms with Crippen LogP contribution < -0.4 is 10.2 Å². The van der Waals surface area contributed by atoms with Crippen molar-refractivity contribution >= 4 is 17.5 Å². The van der Waals surface area contributed by atoms with Gasteiger partial charge in [-0.25, -0.2) is 4.98 Å². The molecule has 2 aromatic carbocycles. The van der Waals surface area contributed by atoms with Crippen molar-refractivity contribution in [2.45, 2.75) is 20.4 Å². The Kier molecular flexibility index (Phi) is 6.17. The summed E-state index contributed by atoms with van der Waals surface area (Å²) in [5.41, 5.74) is 3.42. The molecular weight excluding hydrogens is 350 g/mol. The quantitative estimate of drug-likeness (QED) is 0.711. The first-order valence-electron chi connectivity index (χ1n) is 9.26. The maximum absolute atomic E-state index is 12.9. The lowest BCUT2D eigenvalue weighted by Crippen LogP contribution is -2.32. The van der Waals surface area contributed by atoms with Crippen LogP contribution in [0.1, 0.15) is 39.0 Å². The Hall–Kier alpha value is -3.47. The van der Waals surface area contributed by atoms with E-state index in [0.717, 1.165) is 16.8 Å². The second-order valence-corrected chi connectivity index (χ2v) is 6.46. The number of carbonyl (C=O) groups is 2. The van der Waals surface area contributed by atoms with Gasteiger partial charge in [-0.2, -0.15) is 0 Å². The second kappa shape index (κ2) is 8.95. The van der Waals surface area contributed by atoms with Crippen LogP contribution in [0.4, 0.5) is 5.69 Å². The zero-order valence-electron chi connectivity index (χ0n) is 16.1. The van der Waals surface area contributed by atoms with Crippen LogP contribution in [-0.2, 0) is 6.54 Å². The van der Waals surface area contributed by atoms with E-state index in [0.29, 0.717) is 13.1 Å². The van der Waals surface area contributed by atoms with Gasteiger partial charge in [0.05, 0.1) is 0 Å². The van der Waals surface area contributed by atoms with Gasteiger partial charge in [-0.3, -0.25) is 9.59 Å². The summed E-state index contributed by atoms with van der Waals surface area (Å²) in [6.07, 6.45) is 0. The molecule has 2 amide bonds. The largest absolute Gasteiger partial charge is 0.347 e. The van der Waals surface area contributed by atoms with Crippen molar-refractivity contribution in [2.24, 2.45) is 0 Å². The zero-order valence-corrected chi connectivity index (χ0v) is 16.1. The third-order valence-electron chi connectivity index (χ3n) is 4.37. The first-order valence-corrected chi connectivity index (χ1v) is 9.26. The summed E-state index contributed by atoms with van der Waals surface area (Å²) in [6, 6.07) is 22.3. The standard InChI is InChI=1S/C23H23N3O2/c1-3-26(19-11-5-4-6-12-19)23(28)21-14-8-13-20(25-21)22(27)24-16-18-10-7-9-17(2)15-18/h4-15H,3,16H2,1-2H3,(H,24,27). The van der Waals surface area contributed by atoms with Gasteiger partial charge in [0.2, 0.25) is 0 Å². The lowest BCUT2D eigenvalue weighted by molar-refractivity contribution is 0.0945. The molecule has 3 rings (SSSR count). The molecule has 0 fully saturated rings. The van der Waals surface area contributed by atoms with Gasteiger partial charge in [0.1, 0.15) is 11.4 Å². The van der Waals surface area contributed by atoms with E-state index in [9.17, 15) is 9.59 Å². The van der Waals surface area contributed by atoms with Gasteiger partial charge in [0, 0.05) is 18.8 Å². The van der Waals surface area contributed by atoms with Crippen LogP contribution in [0.25, 0.3) is 0 Å². The number of benzene rings is 2. The van der Waals surface area contributed by atoms with E-state index in [1.807, 2.05) is 68.4 Å². The Labute approximate surface area is 165 Å². The molecule has 1 aromatic heterocycles. The summed E-state index contributed by atoms with van der Waals surface area (Å²) >= 11 is 0. The molecule has 28 heavy (non-hydrogen) atoms. The fourth-order valence-corrected chi connectivity index (χ4v) is 2.96. The predicted octanol–water partition coefficient (Wildman–Crippen LogP) is 3.99. The fourth-order valence-electron chi connectivity index (χ4n) is 2.96. The summed E-state index contributed by atoms with van der Waals surface area (Å²) in [7, 11) is 0. The molecule has 0 bridgehead atoms. The minimum Gasteiger partial charge on any atom is -0.347 e. The highest BCUT2D eigenvalue weighted by Gasteiger charge is 2.18. The topological polar surface area (TPSA) is 62.3 Å². The van der Waals surface area contributed by atoms with Gasteiger partial charge in [-0.1, -0.05) is 54.1 Å². The number of amides is 2. The van der Waals surface area contributed by atoms with Crippen molar-refractivity contribution in [3.05, 3.63) is 95.3 Å².